The van der Waals surface area contributed by atoms with E-state index in [2.05, 4.69) is 18.0 Å². The number of nitrogens with zero attached hydrogens (tertiary/aromatic N) is 3. The summed E-state index contributed by atoms with van der Waals surface area (Å²) in [6.07, 6.45) is 0.878. The van der Waals surface area contributed by atoms with Gasteiger partial charge in [0, 0.05) is 17.4 Å². The lowest BCUT2D eigenvalue weighted by molar-refractivity contribution is 0.0819. The lowest BCUT2D eigenvalue weighted by Crippen LogP contribution is -2.39. The fraction of sp³-hybridized carbons (Fsp3) is 0.211. The van der Waals surface area contributed by atoms with E-state index in [-0.39, 0.29) is 11.9 Å². The first-order valence-electron chi connectivity index (χ1n) is 7.83. The number of benzene rings is 2. The number of para-hydroxylation sites is 1. The molecule has 0 aliphatic carbocycles. The Morgan fingerprint density at radius 3 is 2.58 bits per heavy atom. The molecule has 1 aliphatic rings. The van der Waals surface area contributed by atoms with E-state index >= 15 is 0 Å². The highest BCUT2D eigenvalue weighted by Crippen LogP contribution is 2.30. The molecule has 1 aliphatic heterocycles. The van der Waals surface area contributed by atoms with Crippen LogP contribution in [0.2, 0.25) is 0 Å². The zero-order valence-electron chi connectivity index (χ0n) is 13.3. The molecule has 120 valence electrons. The van der Waals surface area contributed by atoms with Gasteiger partial charge in [-0.2, -0.15) is 5.26 Å². The Hall–Kier alpha value is -2.58. The smallest absolute Gasteiger partial charge is 0.260 e. The van der Waals surface area contributed by atoms with Crippen molar-refractivity contribution in [2.75, 3.05) is 5.75 Å². The SMILES string of the molecule is CC[C@H]1CSC(=Nc2ccccc2)N1C(=O)c1ccc(C#N)cc1. The first kappa shape index (κ1) is 16.3. The molecule has 0 radical (unpaired) electrons. The number of carbonyl (C=O) groups is 1. The average molecular weight is 335 g/mol. The summed E-state index contributed by atoms with van der Waals surface area (Å²) < 4.78 is 0. The maximum absolute atomic E-state index is 13.0. The molecule has 0 saturated carbocycles. The summed E-state index contributed by atoms with van der Waals surface area (Å²) in [5.41, 5.74) is 1.97. The number of hydrogen-bond donors (Lipinski definition) is 0. The molecular weight excluding hydrogens is 318 g/mol. The highest BCUT2D eigenvalue weighted by molar-refractivity contribution is 8.14. The van der Waals surface area contributed by atoms with Crippen molar-refractivity contribution < 1.29 is 4.79 Å². The summed E-state index contributed by atoms with van der Waals surface area (Å²) in [6.45, 7) is 2.08. The maximum Gasteiger partial charge on any atom is 0.260 e. The summed E-state index contributed by atoms with van der Waals surface area (Å²) in [4.78, 5) is 19.4. The van der Waals surface area contributed by atoms with Crippen LogP contribution in [0.1, 0.15) is 29.3 Å². The van der Waals surface area contributed by atoms with Crippen LogP contribution < -0.4 is 0 Å². The molecule has 0 spiro atoms. The molecule has 3 rings (SSSR count). The number of rotatable bonds is 3. The third-order valence-corrected chi connectivity index (χ3v) is 5.01. The van der Waals surface area contributed by atoms with Crippen LogP contribution in [0.4, 0.5) is 5.69 Å². The number of nitriles is 1. The number of carbonyl (C=O) groups excluding carboxylic acids is 1. The predicted molar refractivity (Wildman–Crippen MR) is 97.4 cm³/mol. The van der Waals surface area contributed by atoms with E-state index in [9.17, 15) is 4.79 Å². The topological polar surface area (TPSA) is 56.5 Å². The Labute approximate surface area is 145 Å². The van der Waals surface area contributed by atoms with Gasteiger partial charge in [-0.1, -0.05) is 36.9 Å². The van der Waals surface area contributed by atoms with Gasteiger partial charge in [-0.05, 0) is 42.8 Å². The van der Waals surface area contributed by atoms with E-state index in [0.29, 0.717) is 11.1 Å². The second-order valence-corrected chi connectivity index (χ2v) is 6.45. The quantitative estimate of drug-likeness (QED) is 0.844. The van der Waals surface area contributed by atoms with E-state index in [1.54, 1.807) is 40.9 Å². The molecular formula is C19H17N3OS. The normalized spacial score (nSPS) is 18.6. The molecule has 2 aromatic carbocycles. The van der Waals surface area contributed by atoms with E-state index in [4.69, 9.17) is 5.26 Å². The highest BCUT2D eigenvalue weighted by Gasteiger charge is 2.34. The summed E-state index contributed by atoms with van der Waals surface area (Å²) in [5.74, 6) is 0.788. The fourth-order valence-electron chi connectivity index (χ4n) is 2.55. The average Bonchev–Trinajstić information content (AvgIpc) is 3.04. The Balaban J connectivity index is 1.92. The number of hydrogen-bond acceptors (Lipinski definition) is 4. The molecule has 1 fully saturated rings. The third-order valence-electron chi connectivity index (χ3n) is 3.91. The molecule has 2 aromatic rings. The van der Waals surface area contributed by atoms with Crippen LogP contribution in [0.3, 0.4) is 0 Å². The third kappa shape index (κ3) is 3.34. The minimum atomic E-state index is -0.0639. The number of thioether (sulfide) groups is 1. The lowest BCUT2D eigenvalue weighted by atomic mass is 10.1. The van der Waals surface area contributed by atoms with Crippen LogP contribution in [0.15, 0.2) is 59.6 Å². The molecule has 0 bridgehead atoms. The van der Waals surface area contributed by atoms with Gasteiger partial charge in [0.25, 0.3) is 5.91 Å². The maximum atomic E-state index is 13.0. The minimum Gasteiger partial charge on any atom is -0.283 e. The van der Waals surface area contributed by atoms with Gasteiger partial charge in [0.1, 0.15) is 0 Å². The zero-order valence-corrected chi connectivity index (χ0v) is 14.2. The van der Waals surface area contributed by atoms with Crippen LogP contribution in [-0.4, -0.2) is 27.8 Å². The number of amidine groups is 1. The summed E-state index contributed by atoms with van der Waals surface area (Å²) in [6, 6.07) is 18.6. The van der Waals surface area contributed by atoms with Gasteiger partial charge in [0.05, 0.1) is 17.3 Å². The van der Waals surface area contributed by atoms with Crippen molar-refractivity contribution in [3.8, 4) is 6.07 Å². The summed E-state index contributed by atoms with van der Waals surface area (Å²) in [5, 5.41) is 9.64. The molecule has 1 saturated heterocycles. The largest absolute Gasteiger partial charge is 0.283 e. The van der Waals surface area contributed by atoms with Crippen LogP contribution in [-0.2, 0) is 0 Å². The van der Waals surface area contributed by atoms with E-state index in [0.717, 1.165) is 23.0 Å². The van der Waals surface area contributed by atoms with Crippen molar-refractivity contribution >= 4 is 28.5 Å². The van der Waals surface area contributed by atoms with Crippen molar-refractivity contribution in [1.29, 1.82) is 5.26 Å². The Morgan fingerprint density at radius 1 is 1.25 bits per heavy atom. The summed E-state index contributed by atoms with van der Waals surface area (Å²) >= 11 is 1.61. The minimum absolute atomic E-state index is 0.0639. The zero-order chi connectivity index (χ0) is 16.9. The van der Waals surface area contributed by atoms with Gasteiger partial charge in [-0.15, -0.1) is 0 Å². The van der Waals surface area contributed by atoms with Crippen molar-refractivity contribution in [2.24, 2.45) is 4.99 Å². The molecule has 4 nitrogen and oxygen atoms in total. The molecule has 0 N–H and O–H groups in total. The molecule has 1 heterocycles. The van der Waals surface area contributed by atoms with Crippen molar-refractivity contribution in [3.05, 3.63) is 65.7 Å². The van der Waals surface area contributed by atoms with Crippen LogP contribution in [0.5, 0.6) is 0 Å². The molecule has 24 heavy (non-hydrogen) atoms. The van der Waals surface area contributed by atoms with Crippen molar-refractivity contribution in [2.45, 2.75) is 19.4 Å². The van der Waals surface area contributed by atoms with Gasteiger partial charge in [-0.25, -0.2) is 4.99 Å². The van der Waals surface area contributed by atoms with Gasteiger partial charge in [0.2, 0.25) is 0 Å². The predicted octanol–water partition coefficient (Wildman–Crippen LogP) is 4.21. The Morgan fingerprint density at radius 2 is 1.96 bits per heavy atom. The summed E-state index contributed by atoms with van der Waals surface area (Å²) in [7, 11) is 0. The molecule has 0 unspecified atom stereocenters. The van der Waals surface area contributed by atoms with Gasteiger partial charge < -0.3 is 0 Å². The Bertz CT molecular complexity index is 794. The van der Waals surface area contributed by atoms with E-state index < -0.39 is 0 Å². The van der Waals surface area contributed by atoms with Crippen LogP contribution >= 0.6 is 11.8 Å². The van der Waals surface area contributed by atoms with Crippen molar-refractivity contribution in [1.82, 2.24) is 4.90 Å². The Kier molecular flexibility index (Phi) is 4.97. The van der Waals surface area contributed by atoms with Gasteiger partial charge in [0.15, 0.2) is 5.17 Å². The first-order chi connectivity index (χ1) is 11.7. The number of aliphatic imine (C=N–C) groups is 1. The second kappa shape index (κ2) is 7.33. The molecule has 1 amide bonds. The first-order valence-corrected chi connectivity index (χ1v) is 8.81. The highest BCUT2D eigenvalue weighted by atomic mass is 32.2. The van der Waals surface area contributed by atoms with Crippen LogP contribution in [0, 0.1) is 11.3 Å². The van der Waals surface area contributed by atoms with Gasteiger partial charge in [-0.3, -0.25) is 9.69 Å². The molecule has 1 atom stereocenters. The molecule has 0 aromatic heterocycles. The van der Waals surface area contributed by atoms with E-state index in [1.807, 2.05) is 30.3 Å². The molecule has 5 heteroatoms. The van der Waals surface area contributed by atoms with E-state index in [1.165, 1.54) is 0 Å². The second-order valence-electron chi connectivity index (χ2n) is 5.47. The van der Waals surface area contributed by atoms with Crippen molar-refractivity contribution in [3.63, 3.8) is 0 Å². The number of amides is 1. The van der Waals surface area contributed by atoms with Crippen LogP contribution in [0.25, 0.3) is 0 Å². The van der Waals surface area contributed by atoms with Gasteiger partial charge >= 0.3 is 0 Å². The lowest BCUT2D eigenvalue weighted by Gasteiger charge is -2.23. The fourth-order valence-corrected chi connectivity index (χ4v) is 3.82. The monoisotopic (exact) mass is 335 g/mol. The standard InChI is InChI=1S/C19H17N3OS/c1-2-17-13-24-19(21-16-6-4-3-5-7-16)22(17)18(23)15-10-8-14(12-20)9-11-15/h3-11,17H,2,13H2,1H3/t17-/m0/s1.